The van der Waals surface area contributed by atoms with E-state index >= 15 is 0 Å². The molecule has 0 amide bonds. The quantitative estimate of drug-likeness (QED) is 0.494. The Morgan fingerprint density at radius 1 is 0.812 bits per heavy atom. The van der Waals surface area contributed by atoms with Crippen molar-refractivity contribution < 1.29 is 5.21 Å². The topological polar surface area (TPSA) is 32.3 Å². The zero-order chi connectivity index (χ0) is 11.5. The molecule has 0 spiro atoms. The van der Waals surface area contributed by atoms with E-state index in [9.17, 15) is 0 Å². The minimum atomic E-state index is 0.726. The van der Waals surface area contributed by atoms with E-state index in [1.807, 2.05) is 0 Å². The lowest BCUT2D eigenvalue weighted by molar-refractivity contribution is 0.164. The molecule has 1 rings (SSSR count). The summed E-state index contributed by atoms with van der Waals surface area (Å²) in [5.74, 6) is 0. The Bertz CT molecular complexity index is 248. The minimum Gasteiger partial charge on any atom is -0.317 e. The van der Waals surface area contributed by atoms with Crippen molar-refractivity contribution in [1.29, 1.82) is 0 Å². The van der Waals surface area contributed by atoms with Gasteiger partial charge in [-0.05, 0) is 24.8 Å². The molecular formula is C14H23NO. The van der Waals surface area contributed by atoms with E-state index in [1.54, 1.807) is 0 Å². The standard InChI is InChI=1S/C14H23NO/c16-15-13-9-4-2-1-3-6-10-14-11-7-5-8-12-14/h5,7-8,11-12,15-16H,1-4,6,9-10,13H2. The number of rotatable bonds is 9. The molecule has 0 radical (unpaired) electrons. The summed E-state index contributed by atoms with van der Waals surface area (Å²) >= 11 is 0. The van der Waals surface area contributed by atoms with Gasteiger partial charge in [0.05, 0.1) is 0 Å². The van der Waals surface area contributed by atoms with Crippen LogP contribution in [0.5, 0.6) is 0 Å². The molecule has 0 aliphatic heterocycles. The number of unbranched alkanes of at least 4 members (excludes halogenated alkanes) is 5. The number of aryl methyl sites for hydroxylation is 1. The van der Waals surface area contributed by atoms with Gasteiger partial charge in [0.25, 0.3) is 0 Å². The van der Waals surface area contributed by atoms with Crippen molar-refractivity contribution in [1.82, 2.24) is 5.48 Å². The van der Waals surface area contributed by atoms with E-state index in [-0.39, 0.29) is 0 Å². The Hall–Kier alpha value is -0.860. The molecule has 1 aromatic carbocycles. The first-order chi connectivity index (χ1) is 7.93. The molecule has 0 unspecified atom stereocenters. The van der Waals surface area contributed by atoms with Crippen LogP contribution in [-0.2, 0) is 6.42 Å². The molecular weight excluding hydrogens is 198 g/mol. The van der Waals surface area contributed by atoms with Crippen LogP contribution in [0, 0.1) is 0 Å². The SMILES string of the molecule is ONCCCCCCCCc1ccccc1. The van der Waals surface area contributed by atoms with Crippen molar-refractivity contribution in [3.8, 4) is 0 Å². The average molecular weight is 221 g/mol. The second-order valence-corrected chi connectivity index (χ2v) is 4.27. The molecule has 16 heavy (non-hydrogen) atoms. The van der Waals surface area contributed by atoms with Crippen LogP contribution >= 0.6 is 0 Å². The first-order valence-corrected chi connectivity index (χ1v) is 6.34. The van der Waals surface area contributed by atoms with Crippen LogP contribution in [0.1, 0.15) is 44.1 Å². The number of benzene rings is 1. The maximum atomic E-state index is 8.38. The van der Waals surface area contributed by atoms with E-state index in [4.69, 9.17) is 5.21 Å². The number of nitrogens with one attached hydrogen (secondary N) is 1. The minimum absolute atomic E-state index is 0.726. The highest BCUT2D eigenvalue weighted by atomic mass is 16.5. The lowest BCUT2D eigenvalue weighted by atomic mass is 10.1. The summed E-state index contributed by atoms with van der Waals surface area (Å²) < 4.78 is 0. The second-order valence-electron chi connectivity index (χ2n) is 4.27. The van der Waals surface area contributed by atoms with Gasteiger partial charge in [-0.2, -0.15) is 0 Å². The maximum Gasteiger partial charge on any atom is 0.0207 e. The summed E-state index contributed by atoms with van der Waals surface area (Å²) in [6, 6.07) is 10.7. The molecule has 0 aliphatic rings. The van der Waals surface area contributed by atoms with Gasteiger partial charge in [-0.25, -0.2) is 5.48 Å². The number of hydrogen-bond donors (Lipinski definition) is 2. The monoisotopic (exact) mass is 221 g/mol. The average Bonchev–Trinajstić information content (AvgIpc) is 2.34. The third-order valence-electron chi connectivity index (χ3n) is 2.85. The number of hydrogen-bond acceptors (Lipinski definition) is 2. The molecule has 0 atom stereocenters. The summed E-state index contributed by atoms with van der Waals surface area (Å²) in [6.07, 6.45) is 8.73. The molecule has 2 nitrogen and oxygen atoms in total. The van der Waals surface area contributed by atoms with E-state index in [0.29, 0.717) is 0 Å². The molecule has 2 heteroatoms. The van der Waals surface area contributed by atoms with Crippen LogP contribution in [0.25, 0.3) is 0 Å². The highest BCUT2D eigenvalue weighted by Gasteiger charge is 1.93. The fourth-order valence-corrected chi connectivity index (χ4v) is 1.88. The fraction of sp³-hybridized carbons (Fsp3) is 0.571. The van der Waals surface area contributed by atoms with E-state index in [1.165, 1.54) is 44.1 Å². The third kappa shape index (κ3) is 6.59. The molecule has 2 N–H and O–H groups in total. The van der Waals surface area contributed by atoms with E-state index < -0.39 is 0 Å². The molecule has 1 aromatic rings. The van der Waals surface area contributed by atoms with Gasteiger partial charge < -0.3 is 5.21 Å². The van der Waals surface area contributed by atoms with Crippen LogP contribution in [0.2, 0.25) is 0 Å². The van der Waals surface area contributed by atoms with Gasteiger partial charge in [0.1, 0.15) is 0 Å². The van der Waals surface area contributed by atoms with E-state index in [0.717, 1.165) is 13.0 Å². The fourth-order valence-electron chi connectivity index (χ4n) is 1.88. The Morgan fingerprint density at radius 2 is 1.44 bits per heavy atom. The van der Waals surface area contributed by atoms with Gasteiger partial charge >= 0.3 is 0 Å². The first kappa shape index (κ1) is 13.2. The Morgan fingerprint density at radius 3 is 2.12 bits per heavy atom. The molecule has 0 saturated carbocycles. The lowest BCUT2D eigenvalue weighted by Crippen LogP contribution is -2.07. The van der Waals surface area contributed by atoms with Gasteiger partial charge in [-0.15, -0.1) is 0 Å². The smallest absolute Gasteiger partial charge is 0.0207 e. The Balaban J connectivity index is 1.89. The normalized spacial score (nSPS) is 10.6. The van der Waals surface area contributed by atoms with Gasteiger partial charge in [0, 0.05) is 6.54 Å². The molecule has 0 fully saturated rings. The predicted molar refractivity (Wildman–Crippen MR) is 67.6 cm³/mol. The predicted octanol–water partition coefficient (Wildman–Crippen LogP) is 3.55. The van der Waals surface area contributed by atoms with Gasteiger partial charge in [-0.3, -0.25) is 0 Å². The molecule has 0 aromatic heterocycles. The van der Waals surface area contributed by atoms with Gasteiger partial charge in [0.15, 0.2) is 0 Å². The lowest BCUT2D eigenvalue weighted by Gasteiger charge is -2.02. The van der Waals surface area contributed by atoms with Crippen LogP contribution < -0.4 is 5.48 Å². The third-order valence-corrected chi connectivity index (χ3v) is 2.85. The second kappa shape index (κ2) is 9.37. The van der Waals surface area contributed by atoms with Crippen LogP contribution in [0.4, 0.5) is 0 Å². The Labute approximate surface area is 98.6 Å². The van der Waals surface area contributed by atoms with E-state index in [2.05, 4.69) is 35.8 Å². The highest BCUT2D eigenvalue weighted by molar-refractivity contribution is 5.14. The molecule has 90 valence electrons. The van der Waals surface area contributed by atoms with Crippen molar-refractivity contribution in [2.45, 2.75) is 44.9 Å². The maximum absolute atomic E-state index is 8.38. The van der Waals surface area contributed by atoms with Crippen LogP contribution in [0.3, 0.4) is 0 Å². The molecule has 0 saturated heterocycles. The van der Waals surface area contributed by atoms with Crippen LogP contribution in [-0.4, -0.2) is 11.8 Å². The number of hydroxylamine groups is 1. The van der Waals surface area contributed by atoms with Gasteiger partial charge in [0.2, 0.25) is 0 Å². The largest absolute Gasteiger partial charge is 0.317 e. The zero-order valence-electron chi connectivity index (χ0n) is 9.99. The zero-order valence-corrected chi connectivity index (χ0v) is 9.99. The van der Waals surface area contributed by atoms with Crippen molar-refractivity contribution in [2.24, 2.45) is 0 Å². The van der Waals surface area contributed by atoms with Crippen molar-refractivity contribution in [3.05, 3.63) is 35.9 Å². The van der Waals surface area contributed by atoms with Gasteiger partial charge in [-0.1, -0.05) is 56.0 Å². The summed E-state index contributed by atoms with van der Waals surface area (Å²) in [5, 5.41) is 8.38. The molecule has 0 heterocycles. The summed E-state index contributed by atoms with van der Waals surface area (Å²) in [4.78, 5) is 0. The van der Waals surface area contributed by atoms with Crippen molar-refractivity contribution in [2.75, 3.05) is 6.54 Å². The summed E-state index contributed by atoms with van der Waals surface area (Å²) in [5.41, 5.74) is 3.64. The highest BCUT2D eigenvalue weighted by Crippen LogP contribution is 2.09. The summed E-state index contributed by atoms with van der Waals surface area (Å²) in [7, 11) is 0. The van der Waals surface area contributed by atoms with Crippen LogP contribution in [0.15, 0.2) is 30.3 Å². The van der Waals surface area contributed by atoms with Crippen molar-refractivity contribution >= 4 is 0 Å². The first-order valence-electron chi connectivity index (χ1n) is 6.34. The molecule has 0 aliphatic carbocycles. The van der Waals surface area contributed by atoms with Crippen molar-refractivity contribution in [3.63, 3.8) is 0 Å². The summed E-state index contributed by atoms with van der Waals surface area (Å²) in [6.45, 7) is 0.726. The Kier molecular flexibility index (Phi) is 7.74. The molecule has 0 bridgehead atoms.